The zero-order valence-corrected chi connectivity index (χ0v) is 15.2. The average molecular weight is 393 g/mol. The molecular weight excluding hydrogens is 375 g/mol. The maximum Gasteiger partial charge on any atom is 0.423 e. The summed E-state index contributed by atoms with van der Waals surface area (Å²) < 4.78 is 48.1. The normalized spacial score (nSPS) is 16.2. The highest BCUT2D eigenvalue weighted by Crippen LogP contribution is 2.35. The lowest BCUT2D eigenvalue weighted by Gasteiger charge is -2.13. The molecule has 4 heterocycles. The second-order valence-corrected chi connectivity index (χ2v) is 6.36. The van der Waals surface area contributed by atoms with Crippen molar-refractivity contribution in [3.8, 4) is 5.88 Å². The number of ether oxygens (including phenoxy) is 1. The first kappa shape index (κ1) is 18.3. The zero-order valence-electron chi connectivity index (χ0n) is 15.2. The van der Waals surface area contributed by atoms with E-state index >= 15 is 0 Å². The quantitative estimate of drug-likeness (QED) is 0.716. The van der Waals surface area contributed by atoms with Gasteiger partial charge in [0.15, 0.2) is 0 Å². The Hall–Kier alpha value is -3.11. The summed E-state index contributed by atoms with van der Waals surface area (Å²) in [6.07, 6.45) is 2.46. The number of hydrogen-bond acceptors (Lipinski definition) is 6. The van der Waals surface area contributed by atoms with Crippen LogP contribution < -0.4 is 10.1 Å². The van der Waals surface area contributed by atoms with Crippen molar-refractivity contribution in [2.75, 3.05) is 11.9 Å². The summed E-state index contributed by atoms with van der Waals surface area (Å²) in [5.74, 6) is 0.431. The molecule has 4 rings (SSSR count). The maximum atomic E-state index is 13.1. The molecule has 1 unspecified atom stereocenters. The average Bonchev–Trinajstić information content (AvgIpc) is 3.31. The number of anilines is 2. The smallest absolute Gasteiger partial charge is 0.423 e. The Kier molecular flexibility index (Phi) is 4.44. The molecule has 3 aromatic heterocycles. The molecule has 8 nitrogen and oxygen atoms in total. The Morgan fingerprint density at radius 3 is 2.89 bits per heavy atom. The number of hydrogen-bond donors (Lipinski definition) is 1. The number of nitrogens with one attached hydrogen (secondary N) is 1. The van der Waals surface area contributed by atoms with Crippen LogP contribution in [0.5, 0.6) is 5.88 Å². The number of fused-ring (bicyclic) bond motifs is 1. The van der Waals surface area contributed by atoms with Crippen LogP contribution in [0.15, 0.2) is 24.8 Å². The lowest BCUT2D eigenvalue weighted by Crippen LogP contribution is -2.12. The molecule has 1 aliphatic heterocycles. The fourth-order valence-electron chi connectivity index (χ4n) is 3.20. The first-order valence-electron chi connectivity index (χ1n) is 8.77. The standard InChI is InChI=1S/C17H18F3N7O/c1-3-28-15-11(17(18,19)20)8-22-16(24-15)23-12-9-27(25-10(12)2)13-4-6-26-7-5-21-14(13)26/h5,7-9,13H,3-4,6H2,1-2H3,(H,22,23,24). The second-order valence-electron chi connectivity index (χ2n) is 6.36. The van der Waals surface area contributed by atoms with Gasteiger partial charge in [-0.1, -0.05) is 0 Å². The van der Waals surface area contributed by atoms with Crippen molar-refractivity contribution >= 4 is 11.6 Å². The van der Waals surface area contributed by atoms with Crippen LogP contribution in [-0.4, -0.2) is 35.9 Å². The van der Waals surface area contributed by atoms with E-state index in [1.165, 1.54) is 0 Å². The third-order valence-corrected chi connectivity index (χ3v) is 4.51. The van der Waals surface area contributed by atoms with Gasteiger partial charge in [0, 0.05) is 31.3 Å². The third kappa shape index (κ3) is 3.27. The van der Waals surface area contributed by atoms with Crippen molar-refractivity contribution in [2.45, 2.75) is 39.0 Å². The Morgan fingerprint density at radius 2 is 2.14 bits per heavy atom. The molecule has 0 saturated heterocycles. The van der Waals surface area contributed by atoms with E-state index in [0.717, 1.165) is 18.8 Å². The van der Waals surface area contributed by atoms with E-state index in [0.29, 0.717) is 17.6 Å². The highest BCUT2D eigenvalue weighted by atomic mass is 19.4. The van der Waals surface area contributed by atoms with Crippen LogP contribution >= 0.6 is 0 Å². The van der Waals surface area contributed by atoms with Crippen LogP contribution in [0.2, 0.25) is 0 Å². The summed E-state index contributed by atoms with van der Waals surface area (Å²) in [5.41, 5.74) is 0.267. The van der Waals surface area contributed by atoms with Crippen molar-refractivity contribution in [3.05, 3.63) is 41.9 Å². The van der Waals surface area contributed by atoms with Crippen molar-refractivity contribution in [1.29, 1.82) is 0 Å². The van der Waals surface area contributed by atoms with E-state index in [9.17, 15) is 13.2 Å². The van der Waals surface area contributed by atoms with Crippen molar-refractivity contribution in [1.82, 2.24) is 29.3 Å². The molecule has 0 saturated carbocycles. The number of imidazole rings is 1. The summed E-state index contributed by atoms with van der Waals surface area (Å²) in [6.45, 7) is 4.31. The van der Waals surface area contributed by atoms with Gasteiger partial charge in [0.05, 0.1) is 18.0 Å². The number of alkyl halides is 3. The predicted molar refractivity (Wildman–Crippen MR) is 93.4 cm³/mol. The minimum absolute atomic E-state index is 0.00650. The van der Waals surface area contributed by atoms with Gasteiger partial charge >= 0.3 is 6.18 Å². The third-order valence-electron chi connectivity index (χ3n) is 4.51. The van der Waals surface area contributed by atoms with Gasteiger partial charge in [-0.3, -0.25) is 4.68 Å². The van der Waals surface area contributed by atoms with Gasteiger partial charge in [0.2, 0.25) is 11.8 Å². The van der Waals surface area contributed by atoms with Gasteiger partial charge in [-0.25, -0.2) is 9.97 Å². The van der Waals surface area contributed by atoms with Crippen molar-refractivity contribution < 1.29 is 17.9 Å². The zero-order chi connectivity index (χ0) is 19.9. The molecule has 1 aliphatic rings. The Bertz CT molecular complexity index is 995. The fourth-order valence-corrected chi connectivity index (χ4v) is 3.20. The van der Waals surface area contributed by atoms with E-state index in [4.69, 9.17) is 4.74 Å². The molecule has 1 atom stereocenters. The molecule has 148 valence electrons. The van der Waals surface area contributed by atoms with E-state index in [2.05, 4.69) is 29.9 Å². The number of nitrogens with zero attached hydrogens (tertiary/aromatic N) is 6. The number of halogens is 3. The molecule has 11 heteroatoms. The van der Waals surface area contributed by atoms with Crippen LogP contribution in [0.25, 0.3) is 0 Å². The molecular formula is C17H18F3N7O. The molecule has 1 N–H and O–H groups in total. The summed E-state index contributed by atoms with van der Waals surface area (Å²) in [4.78, 5) is 12.0. The molecule has 0 radical (unpaired) electrons. The molecule has 28 heavy (non-hydrogen) atoms. The Labute approximate surface area is 158 Å². The molecule has 0 bridgehead atoms. The molecule has 0 aliphatic carbocycles. The van der Waals surface area contributed by atoms with Crippen LogP contribution in [0.4, 0.5) is 24.8 Å². The van der Waals surface area contributed by atoms with Crippen molar-refractivity contribution in [3.63, 3.8) is 0 Å². The summed E-state index contributed by atoms with van der Waals surface area (Å²) in [5, 5.41) is 7.45. The number of rotatable bonds is 5. The number of aromatic nitrogens is 6. The summed E-state index contributed by atoms with van der Waals surface area (Å²) in [6, 6.07) is 0.0109. The highest BCUT2D eigenvalue weighted by Gasteiger charge is 2.36. The molecule has 0 aromatic carbocycles. The van der Waals surface area contributed by atoms with E-state index in [1.807, 2.05) is 6.20 Å². The second kappa shape index (κ2) is 6.80. The van der Waals surface area contributed by atoms with Gasteiger partial charge in [-0.05, 0) is 20.3 Å². The SMILES string of the molecule is CCOc1nc(Nc2cn(C3CCn4ccnc43)nc2C)ncc1C(F)(F)F. The molecule has 0 fully saturated rings. The maximum absolute atomic E-state index is 13.1. The van der Waals surface area contributed by atoms with Gasteiger partial charge in [-0.15, -0.1) is 0 Å². The van der Waals surface area contributed by atoms with E-state index in [1.54, 1.807) is 30.9 Å². The van der Waals surface area contributed by atoms with Gasteiger partial charge < -0.3 is 14.6 Å². The van der Waals surface area contributed by atoms with Gasteiger partial charge in [-0.2, -0.15) is 23.3 Å². The monoisotopic (exact) mass is 393 g/mol. The predicted octanol–water partition coefficient (Wildman–Crippen LogP) is 3.33. The largest absolute Gasteiger partial charge is 0.477 e. The lowest BCUT2D eigenvalue weighted by molar-refractivity contribution is -0.139. The molecule has 0 amide bonds. The first-order chi connectivity index (χ1) is 13.4. The minimum Gasteiger partial charge on any atom is -0.477 e. The van der Waals surface area contributed by atoms with Crippen molar-refractivity contribution in [2.24, 2.45) is 0 Å². The van der Waals surface area contributed by atoms with E-state index in [-0.39, 0.29) is 18.6 Å². The fraction of sp³-hybridized carbons (Fsp3) is 0.412. The minimum atomic E-state index is -4.59. The first-order valence-corrected chi connectivity index (χ1v) is 8.77. The van der Waals surface area contributed by atoms with Gasteiger partial charge in [0.1, 0.15) is 17.4 Å². The summed E-state index contributed by atoms with van der Waals surface area (Å²) >= 11 is 0. The van der Waals surface area contributed by atoms with Gasteiger partial charge in [0.25, 0.3) is 0 Å². The highest BCUT2D eigenvalue weighted by molar-refractivity contribution is 5.55. The Morgan fingerprint density at radius 1 is 1.32 bits per heavy atom. The molecule has 3 aromatic rings. The number of aryl methyl sites for hydroxylation is 2. The topological polar surface area (TPSA) is 82.7 Å². The van der Waals surface area contributed by atoms with Crippen LogP contribution in [0, 0.1) is 6.92 Å². The lowest BCUT2D eigenvalue weighted by atomic mass is 10.2. The van der Waals surface area contributed by atoms with Crippen LogP contribution in [0.1, 0.15) is 36.5 Å². The summed E-state index contributed by atoms with van der Waals surface area (Å²) in [7, 11) is 0. The molecule has 0 spiro atoms. The van der Waals surface area contributed by atoms with E-state index < -0.39 is 17.6 Å². The van der Waals surface area contributed by atoms with Crippen LogP contribution in [0.3, 0.4) is 0 Å². The Balaban J connectivity index is 1.60. The van der Waals surface area contributed by atoms with Crippen LogP contribution in [-0.2, 0) is 12.7 Å².